The molecule has 3 N–H and O–H groups in total. The summed E-state index contributed by atoms with van der Waals surface area (Å²) in [4.78, 5) is 22.8. The quantitative estimate of drug-likeness (QED) is 0.759. The second-order valence-electron chi connectivity index (χ2n) is 4.00. The standard InChI is InChI=1S/C14H10ClNO4/c15-9-3-1-8(2-4-9)13(18)16-10-5-6-12(17)11(7-10)14(19)20/h1-7,17H,(H,16,18)(H,19,20). The SMILES string of the molecule is O=C(Nc1ccc(O)c(C(=O)O)c1)c1ccc(Cl)cc1. The lowest BCUT2D eigenvalue weighted by atomic mass is 10.1. The summed E-state index contributed by atoms with van der Waals surface area (Å²) in [5.74, 6) is -2.03. The molecule has 0 atom stereocenters. The van der Waals surface area contributed by atoms with Gasteiger partial charge in [-0.25, -0.2) is 4.79 Å². The van der Waals surface area contributed by atoms with E-state index in [-0.39, 0.29) is 17.0 Å². The minimum absolute atomic E-state index is 0.278. The topological polar surface area (TPSA) is 86.6 Å². The third-order valence-corrected chi connectivity index (χ3v) is 2.84. The summed E-state index contributed by atoms with van der Waals surface area (Å²) < 4.78 is 0. The molecule has 5 nitrogen and oxygen atoms in total. The molecular weight excluding hydrogens is 282 g/mol. The number of nitrogens with one attached hydrogen (secondary N) is 1. The first-order chi connectivity index (χ1) is 9.47. The Morgan fingerprint density at radius 3 is 2.30 bits per heavy atom. The third kappa shape index (κ3) is 3.07. The Bertz CT molecular complexity index is 667. The van der Waals surface area contributed by atoms with Crippen LogP contribution in [0.15, 0.2) is 42.5 Å². The zero-order chi connectivity index (χ0) is 14.7. The molecule has 0 heterocycles. The highest BCUT2D eigenvalue weighted by molar-refractivity contribution is 6.30. The third-order valence-electron chi connectivity index (χ3n) is 2.59. The number of carboxylic acid groups (broad SMARTS) is 1. The molecule has 0 bridgehead atoms. The number of carbonyl (C=O) groups is 2. The summed E-state index contributed by atoms with van der Waals surface area (Å²) in [7, 11) is 0. The van der Waals surface area contributed by atoms with E-state index < -0.39 is 11.9 Å². The molecule has 2 rings (SSSR count). The van der Waals surface area contributed by atoms with Crippen molar-refractivity contribution in [2.24, 2.45) is 0 Å². The van der Waals surface area contributed by atoms with E-state index in [1.807, 2.05) is 0 Å². The number of hydrogen-bond donors (Lipinski definition) is 3. The summed E-state index contributed by atoms with van der Waals surface area (Å²) in [6.45, 7) is 0. The molecule has 102 valence electrons. The van der Waals surface area contributed by atoms with Gasteiger partial charge < -0.3 is 15.5 Å². The van der Waals surface area contributed by atoms with Gasteiger partial charge in [0.2, 0.25) is 0 Å². The molecule has 2 aromatic carbocycles. The van der Waals surface area contributed by atoms with Gasteiger partial charge in [0.1, 0.15) is 11.3 Å². The van der Waals surface area contributed by atoms with Crippen molar-refractivity contribution in [3.8, 4) is 5.75 Å². The Hall–Kier alpha value is -2.53. The number of carboxylic acids is 1. The van der Waals surface area contributed by atoms with E-state index in [9.17, 15) is 14.7 Å². The van der Waals surface area contributed by atoms with Crippen molar-refractivity contribution >= 4 is 29.2 Å². The maximum atomic E-state index is 11.9. The van der Waals surface area contributed by atoms with Crippen LogP contribution in [-0.4, -0.2) is 22.1 Å². The molecule has 1 amide bonds. The first-order valence-electron chi connectivity index (χ1n) is 5.60. The number of halogens is 1. The monoisotopic (exact) mass is 291 g/mol. The number of hydrogen-bond acceptors (Lipinski definition) is 3. The first-order valence-corrected chi connectivity index (χ1v) is 5.98. The Morgan fingerprint density at radius 1 is 1.05 bits per heavy atom. The van der Waals surface area contributed by atoms with Gasteiger partial charge in [-0.1, -0.05) is 11.6 Å². The summed E-state index contributed by atoms with van der Waals surface area (Å²) >= 11 is 5.72. The summed E-state index contributed by atoms with van der Waals surface area (Å²) in [6, 6.07) is 10.1. The Labute approximate surface area is 119 Å². The fraction of sp³-hybridized carbons (Fsp3) is 0. The van der Waals surface area contributed by atoms with Gasteiger partial charge >= 0.3 is 5.97 Å². The number of aromatic carboxylic acids is 1. The summed E-state index contributed by atoms with van der Waals surface area (Å²) in [6.07, 6.45) is 0. The molecule has 0 radical (unpaired) electrons. The van der Waals surface area contributed by atoms with Crippen LogP contribution < -0.4 is 5.32 Å². The van der Waals surface area contributed by atoms with Gasteiger partial charge in [-0.2, -0.15) is 0 Å². The van der Waals surface area contributed by atoms with Crippen molar-refractivity contribution in [1.82, 2.24) is 0 Å². The van der Waals surface area contributed by atoms with Crippen LogP contribution in [0.1, 0.15) is 20.7 Å². The van der Waals surface area contributed by atoms with E-state index in [4.69, 9.17) is 16.7 Å². The zero-order valence-electron chi connectivity index (χ0n) is 10.1. The van der Waals surface area contributed by atoms with Crippen molar-refractivity contribution in [1.29, 1.82) is 0 Å². The van der Waals surface area contributed by atoms with Gasteiger partial charge in [-0.05, 0) is 42.5 Å². The van der Waals surface area contributed by atoms with E-state index in [1.165, 1.54) is 18.2 Å². The second kappa shape index (κ2) is 5.63. The molecule has 0 spiro atoms. The molecule has 0 aromatic heterocycles. The molecule has 6 heteroatoms. The van der Waals surface area contributed by atoms with Gasteiger partial charge in [0.05, 0.1) is 0 Å². The first kappa shape index (κ1) is 13.9. The van der Waals surface area contributed by atoms with Crippen LogP contribution in [0.5, 0.6) is 5.75 Å². The molecule has 0 fully saturated rings. The number of anilines is 1. The van der Waals surface area contributed by atoms with Crippen LogP contribution in [0.3, 0.4) is 0 Å². The number of benzene rings is 2. The van der Waals surface area contributed by atoms with Crippen molar-refractivity contribution < 1.29 is 19.8 Å². The molecule has 20 heavy (non-hydrogen) atoms. The summed E-state index contributed by atoms with van der Waals surface area (Å²) in [5.41, 5.74) is 0.387. The highest BCUT2D eigenvalue weighted by atomic mass is 35.5. The maximum absolute atomic E-state index is 11.9. The average Bonchev–Trinajstić information content (AvgIpc) is 2.41. The highest BCUT2D eigenvalue weighted by Gasteiger charge is 2.12. The second-order valence-corrected chi connectivity index (χ2v) is 4.43. The van der Waals surface area contributed by atoms with E-state index in [1.54, 1.807) is 24.3 Å². The lowest BCUT2D eigenvalue weighted by molar-refractivity contribution is 0.0693. The van der Waals surface area contributed by atoms with Crippen LogP contribution in [0.4, 0.5) is 5.69 Å². The largest absolute Gasteiger partial charge is 0.507 e. The molecular formula is C14H10ClNO4. The number of amides is 1. The van der Waals surface area contributed by atoms with Crippen LogP contribution in [0, 0.1) is 0 Å². The lowest BCUT2D eigenvalue weighted by Crippen LogP contribution is -2.12. The Kier molecular flexibility index (Phi) is 3.91. The van der Waals surface area contributed by atoms with E-state index in [0.717, 1.165) is 0 Å². The van der Waals surface area contributed by atoms with Crippen LogP contribution >= 0.6 is 11.6 Å². The Morgan fingerprint density at radius 2 is 1.70 bits per heavy atom. The van der Waals surface area contributed by atoms with Crippen molar-refractivity contribution in [2.75, 3.05) is 5.32 Å². The van der Waals surface area contributed by atoms with Crippen LogP contribution in [0.25, 0.3) is 0 Å². The van der Waals surface area contributed by atoms with Crippen molar-refractivity contribution in [2.45, 2.75) is 0 Å². The van der Waals surface area contributed by atoms with E-state index in [0.29, 0.717) is 10.6 Å². The molecule has 0 aliphatic rings. The van der Waals surface area contributed by atoms with Gasteiger partial charge in [0.15, 0.2) is 0 Å². The molecule has 0 aliphatic carbocycles. The van der Waals surface area contributed by atoms with Crippen LogP contribution in [-0.2, 0) is 0 Å². The van der Waals surface area contributed by atoms with E-state index in [2.05, 4.69) is 5.32 Å². The normalized spacial score (nSPS) is 10.1. The minimum atomic E-state index is -1.27. The van der Waals surface area contributed by atoms with Gasteiger partial charge in [0, 0.05) is 16.3 Å². The fourth-order valence-electron chi connectivity index (χ4n) is 1.59. The summed E-state index contributed by atoms with van der Waals surface area (Å²) in [5, 5.41) is 21.3. The number of carbonyl (C=O) groups excluding carboxylic acids is 1. The van der Waals surface area contributed by atoms with Crippen LogP contribution in [0.2, 0.25) is 5.02 Å². The number of rotatable bonds is 3. The molecule has 0 aliphatic heterocycles. The lowest BCUT2D eigenvalue weighted by Gasteiger charge is -2.07. The minimum Gasteiger partial charge on any atom is -0.507 e. The average molecular weight is 292 g/mol. The zero-order valence-corrected chi connectivity index (χ0v) is 10.9. The predicted molar refractivity (Wildman–Crippen MR) is 74.5 cm³/mol. The molecule has 2 aromatic rings. The number of phenols is 1. The molecule has 0 saturated carbocycles. The van der Waals surface area contributed by atoms with E-state index >= 15 is 0 Å². The van der Waals surface area contributed by atoms with Gasteiger partial charge in [-0.15, -0.1) is 0 Å². The van der Waals surface area contributed by atoms with Crippen molar-refractivity contribution in [3.63, 3.8) is 0 Å². The Balaban J connectivity index is 2.21. The van der Waals surface area contributed by atoms with Gasteiger partial charge in [0.25, 0.3) is 5.91 Å². The maximum Gasteiger partial charge on any atom is 0.339 e. The smallest absolute Gasteiger partial charge is 0.339 e. The number of aromatic hydroxyl groups is 1. The fourth-order valence-corrected chi connectivity index (χ4v) is 1.72. The molecule has 0 saturated heterocycles. The van der Waals surface area contributed by atoms with Crippen molar-refractivity contribution in [3.05, 3.63) is 58.6 Å². The highest BCUT2D eigenvalue weighted by Crippen LogP contribution is 2.22. The molecule has 0 unspecified atom stereocenters. The predicted octanol–water partition coefficient (Wildman–Crippen LogP) is 3.00. The van der Waals surface area contributed by atoms with Gasteiger partial charge in [-0.3, -0.25) is 4.79 Å².